The van der Waals surface area contributed by atoms with Crippen LogP contribution in [0.3, 0.4) is 0 Å². The van der Waals surface area contributed by atoms with Gasteiger partial charge in [0.1, 0.15) is 6.07 Å². The van der Waals surface area contributed by atoms with Gasteiger partial charge in [0.15, 0.2) is 0 Å². The van der Waals surface area contributed by atoms with Crippen LogP contribution in [0.1, 0.15) is 61.6 Å². The van der Waals surface area contributed by atoms with Crippen LogP contribution in [-0.2, 0) is 0 Å². The molecule has 6 aromatic rings. The second kappa shape index (κ2) is 15.1. The van der Waals surface area contributed by atoms with Crippen molar-refractivity contribution >= 4 is 50.1 Å². The van der Waals surface area contributed by atoms with E-state index < -0.39 is 0 Å². The molecule has 0 N–H and O–H groups in total. The molecule has 0 aliphatic heterocycles. The Hall–Kier alpha value is -7.13. The van der Waals surface area contributed by atoms with Crippen molar-refractivity contribution in [3.8, 4) is 23.9 Å². The summed E-state index contributed by atoms with van der Waals surface area (Å²) in [5, 5.41) is 33.7. The molecule has 0 bridgehead atoms. The largest absolute Gasteiger partial charge is 0.312 e. The van der Waals surface area contributed by atoms with Gasteiger partial charge in [0.05, 0.1) is 56.8 Å². The quantitative estimate of drug-likeness (QED) is 0.0850. The lowest BCUT2D eigenvalue weighted by molar-refractivity contribution is 0.707. The maximum absolute atomic E-state index is 10.5. The van der Waals surface area contributed by atoms with Crippen molar-refractivity contribution in [2.24, 2.45) is 5.92 Å². The summed E-state index contributed by atoms with van der Waals surface area (Å²) in [6.45, 7) is 16.6. The molecule has 0 amide bonds. The van der Waals surface area contributed by atoms with E-state index in [9.17, 15) is 15.8 Å². The Kier molecular flexibility index (Phi) is 9.94. The third-order valence-electron chi connectivity index (χ3n) is 10.5. The van der Waals surface area contributed by atoms with Gasteiger partial charge < -0.3 is 9.13 Å². The van der Waals surface area contributed by atoms with Crippen LogP contribution in [0.25, 0.3) is 55.7 Å². The second-order valence-corrected chi connectivity index (χ2v) is 14.2. The number of nitriles is 3. The number of hydrogen-bond donors (Lipinski definition) is 0. The summed E-state index contributed by atoms with van der Waals surface area (Å²) in [5.74, 6) is 0.0352. The summed E-state index contributed by atoms with van der Waals surface area (Å²) in [6, 6.07) is 35.6. The van der Waals surface area contributed by atoms with Gasteiger partial charge in [-0.2, -0.15) is 15.8 Å². The van der Waals surface area contributed by atoms with Gasteiger partial charge in [-0.3, -0.25) is 0 Å². The van der Waals surface area contributed by atoms with Gasteiger partial charge in [-0.05, 0) is 105 Å². The lowest BCUT2D eigenvalue weighted by atomic mass is 9.79. The molecule has 0 fully saturated rings. The highest BCUT2D eigenvalue weighted by molar-refractivity contribution is 6.11. The predicted octanol–water partition coefficient (Wildman–Crippen LogP) is 12.7. The van der Waals surface area contributed by atoms with Crippen LogP contribution in [0, 0.1) is 46.8 Å². The van der Waals surface area contributed by atoms with Gasteiger partial charge in [-0.1, -0.05) is 98.5 Å². The fourth-order valence-electron chi connectivity index (χ4n) is 7.98. The smallest absolute Gasteiger partial charge is 0.101 e. The van der Waals surface area contributed by atoms with Crippen LogP contribution in [0.4, 0.5) is 0 Å². The van der Waals surface area contributed by atoms with Crippen LogP contribution in [0.5, 0.6) is 0 Å². The zero-order valence-corrected chi connectivity index (χ0v) is 31.7. The standard InChI is InChI=1S/C50H41N5/c1-7-13-49(55-47-19-11-9-16-43(47)44-27-36(30-52)20-24-48(44)55)50(34(5)29-51)40-23-21-37(26-33(40)4)38-22-25-45(39(28-38)31-53)54-35(6)41(17-12-14-32(2)3)42-15-8-10-18-46(42)54/h7-13,15-25,27-28,33H,2,5,14,26H2,1,3-4,6H3/b13-7-,17-12-,50-49-. The van der Waals surface area contributed by atoms with Crippen molar-refractivity contribution in [3.63, 3.8) is 0 Å². The minimum atomic E-state index is 0.0352. The lowest BCUT2D eigenvalue weighted by Gasteiger charge is -2.26. The van der Waals surface area contributed by atoms with Gasteiger partial charge in [-0.25, -0.2) is 0 Å². The lowest BCUT2D eigenvalue weighted by Crippen LogP contribution is -2.12. The predicted molar refractivity (Wildman–Crippen MR) is 228 cm³/mol. The molecule has 2 heterocycles. The van der Waals surface area contributed by atoms with Crippen LogP contribution in [0.15, 0.2) is 151 Å². The van der Waals surface area contributed by atoms with E-state index in [4.69, 9.17) is 0 Å². The molecule has 0 saturated heterocycles. The molecule has 0 radical (unpaired) electrons. The van der Waals surface area contributed by atoms with E-state index in [1.54, 1.807) is 0 Å². The maximum Gasteiger partial charge on any atom is 0.101 e. The zero-order chi connectivity index (χ0) is 38.8. The Bertz CT molecular complexity index is 2870. The number of nitrogens with zero attached hydrogens (tertiary/aromatic N) is 5. The molecule has 0 saturated carbocycles. The fraction of sp³-hybridized carbons (Fsp3) is 0.140. The molecule has 1 unspecified atom stereocenters. The number of hydrogen-bond acceptors (Lipinski definition) is 3. The van der Waals surface area contributed by atoms with Crippen molar-refractivity contribution in [3.05, 3.63) is 179 Å². The van der Waals surface area contributed by atoms with E-state index in [-0.39, 0.29) is 5.92 Å². The summed E-state index contributed by atoms with van der Waals surface area (Å²) in [6.07, 6.45) is 14.1. The van der Waals surface area contributed by atoms with Crippen LogP contribution >= 0.6 is 0 Å². The average molecular weight is 712 g/mol. The molecule has 2 aromatic heterocycles. The van der Waals surface area contributed by atoms with E-state index in [1.807, 2.05) is 68.5 Å². The van der Waals surface area contributed by atoms with Crippen LogP contribution in [0.2, 0.25) is 0 Å². The Labute approximate surface area is 323 Å². The third kappa shape index (κ3) is 6.46. The molecule has 266 valence electrons. The Morgan fingerprint density at radius 1 is 0.855 bits per heavy atom. The molecule has 4 aromatic carbocycles. The highest BCUT2D eigenvalue weighted by Crippen LogP contribution is 2.42. The monoisotopic (exact) mass is 711 g/mol. The van der Waals surface area contributed by atoms with Crippen molar-refractivity contribution in [1.29, 1.82) is 15.8 Å². The molecule has 55 heavy (non-hydrogen) atoms. The Morgan fingerprint density at radius 3 is 2.27 bits per heavy atom. The number of para-hydroxylation sites is 2. The van der Waals surface area contributed by atoms with Gasteiger partial charge in [0, 0.05) is 33.0 Å². The summed E-state index contributed by atoms with van der Waals surface area (Å²) < 4.78 is 4.38. The molecular formula is C50H41N5. The topological polar surface area (TPSA) is 81.2 Å². The van der Waals surface area contributed by atoms with Gasteiger partial charge in [0.2, 0.25) is 0 Å². The summed E-state index contributed by atoms with van der Waals surface area (Å²) in [5.41, 5.74) is 13.5. The third-order valence-corrected chi connectivity index (χ3v) is 10.5. The molecule has 5 nitrogen and oxygen atoms in total. The zero-order valence-electron chi connectivity index (χ0n) is 31.7. The summed E-state index contributed by atoms with van der Waals surface area (Å²) >= 11 is 0. The van der Waals surface area contributed by atoms with E-state index >= 15 is 0 Å². The number of rotatable bonds is 9. The molecular weight excluding hydrogens is 671 g/mol. The maximum atomic E-state index is 10.5. The number of allylic oxidation sites excluding steroid dienone is 11. The number of benzene rings is 4. The van der Waals surface area contributed by atoms with E-state index in [2.05, 4.69) is 121 Å². The molecule has 0 spiro atoms. The number of aromatic nitrogens is 2. The molecule has 1 atom stereocenters. The second-order valence-electron chi connectivity index (χ2n) is 14.2. The molecule has 1 aliphatic carbocycles. The van der Waals surface area contributed by atoms with Gasteiger partial charge in [-0.15, -0.1) is 0 Å². The highest BCUT2D eigenvalue weighted by Gasteiger charge is 2.26. The Balaban J connectivity index is 1.35. The minimum Gasteiger partial charge on any atom is -0.312 e. The molecule has 7 rings (SSSR count). The highest BCUT2D eigenvalue weighted by atomic mass is 15.0. The van der Waals surface area contributed by atoms with Crippen LogP contribution in [-0.4, -0.2) is 9.13 Å². The minimum absolute atomic E-state index is 0.0352. The first-order valence-corrected chi connectivity index (χ1v) is 18.5. The first-order valence-electron chi connectivity index (χ1n) is 18.5. The van der Waals surface area contributed by atoms with Crippen molar-refractivity contribution in [1.82, 2.24) is 9.13 Å². The molecule has 1 aliphatic rings. The van der Waals surface area contributed by atoms with Crippen LogP contribution < -0.4 is 0 Å². The normalized spacial score (nSPS) is 14.8. The fourth-order valence-corrected chi connectivity index (χ4v) is 7.98. The Morgan fingerprint density at radius 2 is 1.58 bits per heavy atom. The van der Waals surface area contributed by atoms with E-state index in [0.717, 1.165) is 89.6 Å². The van der Waals surface area contributed by atoms with Gasteiger partial charge in [0.25, 0.3) is 0 Å². The van der Waals surface area contributed by atoms with Gasteiger partial charge >= 0.3 is 0 Å². The van der Waals surface area contributed by atoms with Crippen molar-refractivity contribution in [2.75, 3.05) is 0 Å². The van der Waals surface area contributed by atoms with Crippen molar-refractivity contribution < 1.29 is 0 Å². The SMILES string of the molecule is C=C(C)C/C=C\c1c(C)n(-c2ccc(C3=CC=C(/C(C(=C)C#N)=C(/C=C\C)n4c5ccccc5c5cc(C#N)ccc54)C(C)C3)cc2C#N)c2ccccc12. The summed E-state index contributed by atoms with van der Waals surface area (Å²) in [7, 11) is 0. The average Bonchev–Trinajstić information content (AvgIpc) is 3.68. The summed E-state index contributed by atoms with van der Waals surface area (Å²) in [4.78, 5) is 0. The first kappa shape index (κ1) is 36.2. The first-order chi connectivity index (χ1) is 26.7. The molecule has 5 heteroatoms. The number of fused-ring (bicyclic) bond motifs is 4. The van der Waals surface area contributed by atoms with Crippen molar-refractivity contribution in [2.45, 2.75) is 40.5 Å². The van der Waals surface area contributed by atoms with E-state index in [1.165, 1.54) is 0 Å². The van der Waals surface area contributed by atoms with E-state index in [0.29, 0.717) is 23.1 Å².